The van der Waals surface area contributed by atoms with Crippen LogP contribution in [-0.4, -0.2) is 4.98 Å². The lowest BCUT2D eigenvalue weighted by atomic mass is 9.88. The number of pyridine rings is 1. The summed E-state index contributed by atoms with van der Waals surface area (Å²) in [4.78, 5) is 4.69. The Morgan fingerprint density at radius 1 is 0.742 bits per heavy atom. The van der Waals surface area contributed by atoms with Gasteiger partial charge < -0.3 is 4.42 Å². The fourth-order valence-electron chi connectivity index (χ4n) is 4.38. The highest BCUT2D eigenvalue weighted by Gasteiger charge is 2.17. The molecule has 2 nitrogen and oxygen atoms in total. The van der Waals surface area contributed by atoms with Gasteiger partial charge in [-0.25, -0.2) is 0 Å². The van der Waals surface area contributed by atoms with E-state index in [0.29, 0.717) is 0 Å². The quantitative estimate of drug-likeness (QED) is 0.304. The Balaban J connectivity index is 1.64. The van der Waals surface area contributed by atoms with Crippen molar-refractivity contribution in [3.63, 3.8) is 0 Å². The van der Waals surface area contributed by atoms with Crippen LogP contribution in [0.2, 0.25) is 0 Å². The summed E-state index contributed by atoms with van der Waals surface area (Å²) in [5.74, 6) is 0. The van der Waals surface area contributed by atoms with Crippen LogP contribution >= 0.6 is 0 Å². The second-order valence-electron chi connectivity index (χ2n) is 9.53. The monoisotopic (exact) mass is 405 g/mol. The molecule has 3 aromatic carbocycles. The third kappa shape index (κ3) is 3.98. The van der Waals surface area contributed by atoms with E-state index in [1.165, 1.54) is 16.7 Å². The van der Waals surface area contributed by atoms with Crippen LogP contribution < -0.4 is 0 Å². The second kappa shape index (κ2) is 7.70. The molecule has 0 aliphatic heterocycles. The average Bonchev–Trinajstić information content (AvgIpc) is 3.13. The Bertz CT molecular complexity index is 1360. The molecule has 5 rings (SSSR count). The highest BCUT2D eigenvalue weighted by atomic mass is 16.3. The van der Waals surface area contributed by atoms with Crippen LogP contribution in [0.3, 0.4) is 0 Å². The fourth-order valence-corrected chi connectivity index (χ4v) is 4.38. The smallest absolute Gasteiger partial charge is 0.144 e. The van der Waals surface area contributed by atoms with E-state index in [1.54, 1.807) is 0 Å². The van der Waals surface area contributed by atoms with E-state index in [9.17, 15) is 0 Å². The van der Waals surface area contributed by atoms with Crippen LogP contribution in [0, 0.1) is 5.41 Å². The zero-order valence-corrected chi connectivity index (χ0v) is 18.4. The highest BCUT2D eigenvalue weighted by Crippen LogP contribution is 2.37. The number of fused-ring (bicyclic) bond motifs is 3. The maximum Gasteiger partial charge on any atom is 0.144 e. The Hall–Kier alpha value is -3.39. The van der Waals surface area contributed by atoms with E-state index in [2.05, 4.69) is 99.6 Å². The van der Waals surface area contributed by atoms with E-state index in [0.717, 1.165) is 46.0 Å². The van der Waals surface area contributed by atoms with Gasteiger partial charge in [0.05, 0.1) is 5.69 Å². The molecule has 0 saturated carbocycles. The van der Waals surface area contributed by atoms with Gasteiger partial charge in [0, 0.05) is 29.0 Å². The number of rotatable bonds is 4. The van der Waals surface area contributed by atoms with E-state index < -0.39 is 0 Å². The van der Waals surface area contributed by atoms with E-state index in [1.807, 2.05) is 6.20 Å². The Morgan fingerprint density at radius 3 is 2.26 bits per heavy atom. The molecule has 0 unspecified atom stereocenters. The lowest BCUT2D eigenvalue weighted by Crippen LogP contribution is -2.09. The maximum absolute atomic E-state index is 6.54. The van der Waals surface area contributed by atoms with Crippen molar-refractivity contribution in [2.45, 2.75) is 33.6 Å². The van der Waals surface area contributed by atoms with E-state index in [-0.39, 0.29) is 5.41 Å². The van der Waals surface area contributed by atoms with Crippen molar-refractivity contribution in [3.8, 4) is 11.3 Å². The molecule has 154 valence electrons. The minimum Gasteiger partial charge on any atom is -0.455 e. The zero-order valence-electron chi connectivity index (χ0n) is 18.4. The summed E-state index contributed by atoms with van der Waals surface area (Å²) in [6.45, 7) is 6.80. The van der Waals surface area contributed by atoms with Crippen molar-refractivity contribution in [3.05, 3.63) is 102 Å². The minimum absolute atomic E-state index is 0.232. The first-order valence-corrected chi connectivity index (χ1v) is 10.9. The molecule has 5 aromatic rings. The normalized spacial score (nSPS) is 12.0. The zero-order chi connectivity index (χ0) is 21.4. The molecule has 31 heavy (non-hydrogen) atoms. The predicted molar refractivity (Wildman–Crippen MR) is 129 cm³/mol. The van der Waals surface area contributed by atoms with Crippen LogP contribution in [0.15, 0.2) is 89.5 Å². The van der Waals surface area contributed by atoms with Gasteiger partial charge in [-0.1, -0.05) is 81.4 Å². The molecule has 0 amide bonds. The van der Waals surface area contributed by atoms with Gasteiger partial charge in [-0.15, -0.1) is 0 Å². The number of hydrogen-bond acceptors (Lipinski definition) is 2. The van der Waals surface area contributed by atoms with Gasteiger partial charge in [0.2, 0.25) is 0 Å². The first kappa shape index (κ1) is 19.6. The molecule has 0 spiro atoms. The van der Waals surface area contributed by atoms with Gasteiger partial charge in [-0.05, 0) is 46.7 Å². The van der Waals surface area contributed by atoms with Gasteiger partial charge in [-0.2, -0.15) is 0 Å². The lowest BCUT2D eigenvalue weighted by molar-refractivity contribution is 0.411. The summed E-state index contributed by atoms with van der Waals surface area (Å²) in [6, 6.07) is 27.7. The number of para-hydroxylation sites is 2. The number of benzene rings is 3. The fraction of sp³-hybridized carbons (Fsp3) is 0.207. The Kier molecular flexibility index (Phi) is 4.86. The molecule has 2 aromatic heterocycles. The van der Waals surface area contributed by atoms with Gasteiger partial charge in [0.15, 0.2) is 0 Å². The van der Waals surface area contributed by atoms with Crippen LogP contribution in [-0.2, 0) is 12.8 Å². The number of furan rings is 1. The molecule has 0 fully saturated rings. The molecule has 0 aliphatic rings. The van der Waals surface area contributed by atoms with Gasteiger partial charge in [0.1, 0.15) is 11.2 Å². The summed E-state index contributed by atoms with van der Waals surface area (Å²) in [5.41, 5.74) is 7.93. The van der Waals surface area contributed by atoms with Crippen molar-refractivity contribution in [2.75, 3.05) is 0 Å². The first-order valence-electron chi connectivity index (χ1n) is 10.9. The largest absolute Gasteiger partial charge is 0.455 e. The van der Waals surface area contributed by atoms with Crippen LogP contribution in [0.25, 0.3) is 33.2 Å². The Labute approximate surface area is 183 Å². The van der Waals surface area contributed by atoms with Crippen molar-refractivity contribution < 1.29 is 4.42 Å². The maximum atomic E-state index is 6.54. The molecule has 0 radical (unpaired) electrons. The van der Waals surface area contributed by atoms with E-state index >= 15 is 0 Å². The van der Waals surface area contributed by atoms with Gasteiger partial charge in [-0.3, -0.25) is 4.98 Å². The summed E-state index contributed by atoms with van der Waals surface area (Å²) in [7, 11) is 0. The summed E-state index contributed by atoms with van der Waals surface area (Å²) in [5, 5.41) is 2.31. The molecule has 0 saturated heterocycles. The SMILES string of the molecule is CC(C)(C)Cc1ccnc(-c2cccc3c2oc2c(Cc4ccccc4)cccc23)c1. The Morgan fingerprint density at radius 2 is 1.48 bits per heavy atom. The topological polar surface area (TPSA) is 26.0 Å². The lowest BCUT2D eigenvalue weighted by Gasteiger charge is -2.18. The molecule has 0 aliphatic carbocycles. The summed E-state index contributed by atoms with van der Waals surface area (Å²) in [6.07, 6.45) is 3.78. The van der Waals surface area contributed by atoms with Gasteiger partial charge >= 0.3 is 0 Å². The van der Waals surface area contributed by atoms with Crippen LogP contribution in [0.5, 0.6) is 0 Å². The first-order chi connectivity index (χ1) is 15.0. The predicted octanol–water partition coefficient (Wildman–Crippen LogP) is 7.83. The van der Waals surface area contributed by atoms with Crippen molar-refractivity contribution in [1.82, 2.24) is 4.98 Å². The molecule has 0 N–H and O–H groups in total. The third-order valence-electron chi connectivity index (χ3n) is 5.68. The van der Waals surface area contributed by atoms with Gasteiger partial charge in [0.25, 0.3) is 0 Å². The van der Waals surface area contributed by atoms with Crippen LogP contribution in [0.1, 0.15) is 37.5 Å². The second-order valence-corrected chi connectivity index (χ2v) is 9.53. The molecular weight excluding hydrogens is 378 g/mol. The van der Waals surface area contributed by atoms with Crippen molar-refractivity contribution >= 4 is 21.9 Å². The number of nitrogens with zero attached hydrogens (tertiary/aromatic N) is 1. The minimum atomic E-state index is 0.232. The third-order valence-corrected chi connectivity index (χ3v) is 5.68. The molecule has 0 atom stereocenters. The van der Waals surface area contributed by atoms with Crippen molar-refractivity contribution in [2.24, 2.45) is 5.41 Å². The molecule has 2 heteroatoms. The van der Waals surface area contributed by atoms with E-state index in [4.69, 9.17) is 9.40 Å². The molecule has 2 heterocycles. The average molecular weight is 406 g/mol. The summed E-state index contributed by atoms with van der Waals surface area (Å²) >= 11 is 0. The highest BCUT2D eigenvalue weighted by molar-refractivity contribution is 6.10. The number of aromatic nitrogens is 1. The van der Waals surface area contributed by atoms with Crippen LogP contribution in [0.4, 0.5) is 0 Å². The standard InChI is InChI=1S/C29H27NO/c1-29(2,3)19-21-15-16-30-26(18-21)25-14-8-13-24-23-12-7-11-22(27(23)31-28(24)25)17-20-9-5-4-6-10-20/h4-16,18H,17,19H2,1-3H3. The molecule has 0 bridgehead atoms. The number of hydrogen-bond donors (Lipinski definition) is 0. The molecular formula is C29H27NO. The summed E-state index contributed by atoms with van der Waals surface area (Å²) < 4.78 is 6.54. The van der Waals surface area contributed by atoms with Crippen molar-refractivity contribution in [1.29, 1.82) is 0 Å².